The van der Waals surface area contributed by atoms with Gasteiger partial charge in [0.15, 0.2) is 0 Å². The van der Waals surface area contributed by atoms with E-state index in [-0.39, 0.29) is 17.2 Å². The summed E-state index contributed by atoms with van der Waals surface area (Å²) in [5, 5.41) is 17.1. The molecule has 2 aromatic heterocycles. The molecule has 0 aliphatic carbocycles. The Morgan fingerprint density at radius 2 is 1.92 bits per heavy atom. The molecule has 10 heteroatoms. The summed E-state index contributed by atoms with van der Waals surface area (Å²) in [6.07, 6.45) is 1.52. The zero-order chi connectivity index (χ0) is 18.7. The van der Waals surface area contributed by atoms with Crippen LogP contribution in [-0.4, -0.2) is 31.2 Å². The van der Waals surface area contributed by atoms with E-state index in [2.05, 4.69) is 30.8 Å². The van der Waals surface area contributed by atoms with Gasteiger partial charge in [0.2, 0.25) is 5.95 Å². The Morgan fingerprint density at radius 3 is 2.62 bits per heavy atom. The molecule has 0 saturated carbocycles. The van der Waals surface area contributed by atoms with Crippen molar-refractivity contribution < 1.29 is 0 Å². The van der Waals surface area contributed by atoms with Crippen LogP contribution in [0.2, 0.25) is 10.2 Å². The molecule has 0 saturated heterocycles. The molecule has 0 amide bonds. The summed E-state index contributed by atoms with van der Waals surface area (Å²) < 4.78 is 1.68. The molecule has 0 aliphatic rings. The molecule has 3 rings (SSSR count). The van der Waals surface area contributed by atoms with Crippen molar-refractivity contribution in [2.45, 2.75) is 20.4 Å². The zero-order valence-corrected chi connectivity index (χ0v) is 15.5. The van der Waals surface area contributed by atoms with E-state index >= 15 is 0 Å². The Morgan fingerprint density at radius 1 is 1.19 bits per heavy atom. The van der Waals surface area contributed by atoms with Gasteiger partial charge in [0.25, 0.3) is 5.56 Å². The van der Waals surface area contributed by atoms with Crippen molar-refractivity contribution in [2.75, 3.05) is 5.43 Å². The van der Waals surface area contributed by atoms with Crippen LogP contribution in [0.15, 0.2) is 34.2 Å². The summed E-state index contributed by atoms with van der Waals surface area (Å²) >= 11 is 12.3. The number of aryl methyl sites for hydroxylation is 2. The van der Waals surface area contributed by atoms with Gasteiger partial charge in [-0.05, 0) is 31.5 Å². The molecule has 134 valence electrons. The fourth-order valence-corrected chi connectivity index (χ4v) is 2.59. The molecule has 0 radical (unpaired) electrons. The van der Waals surface area contributed by atoms with Crippen LogP contribution < -0.4 is 11.0 Å². The van der Waals surface area contributed by atoms with Crippen molar-refractivity contribution in [2.24, 2.45) is 5.10 Å². The minimum absolute atomic E-state index is 0.138. The van der Waals surface area contributed by atoms with Gasteiger partial charge >= 0.3 is 0 Å². The van der Waals surface area contributed by atoms with E-state index in [9.17, 15) is 4.79 Å². The standard InChI is InChI=1S/C16H15Cl2N7O/c1-9-13(7-19-22-16-20-15(26)10(2)21-23-16)14(18)25(24-9)8-11-3-5-12(17)6-4-11/h3-7H,8H2,1-2H3,(H2,20,22,23,26)/b19-7-. The smallest absolute Gasteiger partial charge is 0.274 e. The number of halogens is 2. The third-order valence-electron chi connectivity index (χ3n) is 3.58. The maximum atomic E-state index is 11.5. The average Bonchev–Trinajstić information content (AvgIpc) is 2.87. The van der Waals surface area contributed by atoms with Gasteiger partial charge < -0.3 is 0 Å². The van der Waals surface area contributed by atoms with E-state index in [1.54, 1.807) is 11.6 Å². The Bertz CT molecular complexity index is 1010. The van der Waals surface area contributed by atoms with Crippen LogP contribution in [-0.2, 0) is 6.54 Å². The van der Waals surface area contributed by atoms with Gasteiger partial charge in [-0.15, -0.1) is 10.2 Å². The highest BCUT2D eigenvalue weighted by Gasteiger charge is 2.12. The van der Waals surface area contributed by atoms with Crippen LogP contribution in [0, 0.1) is 13.8 Å². The number of hydrogen-bond acceptors (Lipinski definition) is 6. The van der Waals surface area contributed by atoms with Crippen molar-refractivity contribution in [3.8, 4) is 0 Å². The first kappa shape index (κ1) is 18.1. The summed E-state index contributed by atoms with van der Waals surface area (Å²) in [7, 11) is 0. The molecule has 0 bridgehead atoms. The number of hydrazone groups is 1. The molecule has 0 unspecified atom stereocenters. The molecule has 0 spiro atoms. The summed E-state index contributed by atoms with van der Waals surface area (Å²) in [4.78, 5) is 14.0. The molecular formula is C16H15Cl2N7O. The molecule has 0 fully saturated rings. The second-order valence-corrected chi connectivity index (χ2v) is 6.33. The molecular weight excluding hydrogens is 377 g/mol. The Labute approximate surface area is 158 Å². The molecule has 8 nitrogen and oxygen atoms in total. The topological polar surface area (TPSA) is 101 Å². The maximum Gasteiger partial charge on any atom is 0.274 e. The summed E-state index contributed by atoms with van der Waals surface area (Å²) in [5.74, 6) is 0.138. The van der Waals surface area contributed by atoms with E-state index in [0.717, 1.165) is 11.3 Å². The number of rotatable bonds is 5. The van der Waals surface area contributed by atoms with Crippen molar-refractivity contribution in [3.05, 3.63) is 67.3 Å². The van der Waals surface area contributed by atoms with Gasteiger partial charge in [0.1, 0.15) is 10.8 Å². The molecule has 2 N–H and O–H groups in total. The zero-order valence-electron chi connectivity index (χ0n) is 14.0. The second-order valence-electron chi connectivity index (χ2n) is 5.53. The highest BCUT2D eigenvalue weighted by Crippen LogP contribution is 2.20. The number of nitrogens with zero attached hydrogens (tertiary/aromatic N) is 5. The highest BCUT2D eigenvalue weighted by atomic mass is 35.5. The van der Waals surface area contributed by atoms with Gasteiger partial charge in [-0.25, -0.2) is 10.1 Å². The minimum atomic E-state index is -0.331. The predicted molar refractivity (Wildman–Crippen MR) is 101 cm³/mol. The quantitative estimate of drug-likeness (QED) is 0.514. The van der Waals surface area contributed by atoms with Crippen molar-refractivity contribution >= 4 is 35.4 Å². The molecule has 3 aromatic rings. The third-order valence-corrected chi connectivity index (χ3v) is 4.23. The lowest BCUT2D eigenvalue weighted by Crippen LogP contribution is -2.15. The molecule has 2 heterocycles. The van der Waals surface area contributed by atoms with Crippen molar-refractivity contribution in [1.29, 1.82) is 0 Å². The average molecular weight is 392 g/mol. The lowest BCUT2D eigenvalue weighted by Gasteiger charge is -2.03. The fraction of sp³-hybridized carbons (Fsp3) is 0.188. The molecule has 1 aromatic carbocycles. The van der Waals surface area contributed by atoms with Gasteiger partial charge in [0.05, 0.1) is 24.0 Å². The van der Waals surface area contributed by atoms with Gasteiger partial charge in [-0.2, -0.15) is 10.2 Å². The Hall–Kier alpha value is -2.71. The van der Waals surface area contributed by atoms with E-state index in [1.165, 1.54) is 6.21 Å². The lowest BCUT2D eigenvalue weighted by atomic mass is 10.2. The van der Waals surface area contributed by atoms with Crippen LogP contribution in [0.4, 0.5) is 5.95 Å². The maximum absolute atomic E-state index is 11.5. The monoisotopic (exact) mass is 391 g/mol. The number of H-pyrrole nitrogens is 1. The Kier molecular flexibility index (Phi) is 5.34. The number of nitrogens with one attached hydrogen (secondary N) is 2. The SMILES string of the molecule is Cc1nn(Cc2ccc(Cl)cc2)c(Cl)c1/C=N\Nc1nnc(C)c(=O)[nH]1. The number of hydrogen-bond donors (Lipinski definition) is 2. The third kappa shape index (κ3) is 4.09. The first-order valence-corrected chi connectivity index (χ1v) is 8.39. The molecule has 26 heavy (non-hydrogen) atoms. The lowest BCUT2D eigenvalue weighted by molar-refractivity contribution is 0.680. The largest absolute Gasteiger partial charge is 0.288 e. The highest BCUT2D eigenvalue weighted by molar-refractivity contribution is 6.32. The normalized spacial score (nSPS) is 11.2. The summed E-state index contributed by atoms with van der Waals surface area (Å²) in [6.45, 7) is 3.91. The number of aromatic amines is 1. The van der Waals surface area contributed by atoms with Crippen molar-refractivity contribution in [1.82, 2.24) is 25.0 Å². The van der Waals surface area contributed by atoms with Crippen LogP contribution in [0.3, 0.4) is 0 Å². The van der Waals surface area contributed by atoms with Crippen LogP contribution in [0.5, 0.6) is 0 Å². The van der Waals surface area contributed by atoms with E-state index in [4.69, 9.17) is 23.2 Å². The summed E-state index contributed by atoms with van der Waals surface area (Å²) in [6, 6.07) is 7.46. The van der Waals surface area contributed by atoms with Gasteiger partial charge in [0, 0.05) is 5.02 Å². The summed E-state index contributed by atoms with van der Waals surface area (Å²) in [5.41, 5.74) is 4.96. The molecule has 0 atom stereocenters. The van der Waals surface area contributed by atoms with Gasteiger partial charge in [-0.1, -0.05) is 35.3 Å². The number of aromatic nitrogens is 5. The van der Waals surface area contributed by atoms with Gasteiger partial charge in [-0.3, -0.25) is 9.78 Å². The second kappa shape index (κ2) is 7.67. The Balaban J connectivity index is 1.75. The van der Waals surface area contributed by atoms with Crippen LogP contribution >= 0.6 is 23.2 Å². The predicted octanol–water partition coefficient (Wildman–Crippen LogP) is 2.78. The molecule has 0 aliphatic heterocycles. The minimum Gasteiger partial charge on any atom is -0.288 e. The fourth-order valence-electron chi connectivity index (χ4n) is 2.18. The van der Waals surface area contributed by atoms with Crippen LogP contribution in [0.1, 0.15) is 22.5 Å². The number of anilines is 1. The number of benzene rings is 1. The van der Waals surface area contributed by atoms with Crippen molar-refractivity contribution in [3.63, 3.8) is 0 Å². The van der Waals surface area contributed by atoms with E-state index in [1.807, 2.05) is 31.2 Å². The van der Waals surface area contributed by atoms with Crippen LogP contribution in [0.25, 0.3) is 0 Å². The first-order valence-electron chi connectivity index (χ1n) is 7.64. The van der Waals surface area contributed by atoms with E-state index < -0.39 is 0 Å². The first-order chi connectivity index (χ1) is 12.4. The van der Waals surface area contributed by atoms with E-state index in [0.29, 0.717) is 22.3 Å².